The topological polar surface area (TPSA) is 169 Å². The van der Waals surface area contributed by atoms with Gasteiger partial charge >= 0.3 is 6.16 Å². The molecule has 11 heteroatoms. The van der Waals surface area contributed by atoms with Gasteiger partial charge in [0.25, 0.3) is 5.69 Å². The third-order valence-electron chi connectivity index (χ3n) is 4.36. The quantitative estimate of drug-likeness (QED) is 0.375. The Hall–Kier alpha value is -3.89. The number of rotatable bonds is 5. The summed E-state index contributed by atoms with van der Waals surface area (Å²) >= 11 is 0. The van der Waals surface area contributed by atoms with E-state index in [9.17, 15) is 14.9 Å². The molecule has 1 unspecified atom stereocenters. The summed E-state index contributed by atoms with van der Waals surface area (Å²) in [5.41, 5.74) is 13.0. The van der Waals surface area contributed by atoms with Gasteiger partial charge in [-0.15, -0.1) is 0 Å². The van der Waals surface area contributed by atoms with Gasteiger partial charge in [-0.25, -0.2) is 4.79 Å². The minimum Gasteiger partial charge on any atom is -0.434 e. The molecule has 1 aliphatic rings. The highest BCUT2D eigenvalue weighted by Gasteiger charge is 2.35. The number of hydrogen-bond donors (Lipinski definition) is 3. The molecule has 0 fully saturated rings. The normalized spacial score (nSPS) is 15.4. The number of hydrogen-bond acceptors (Lipinski definition) is 10. The van der Waals surface area contributed by atoms with E-state index in [0.717, 1.165) is 0 Å². The fourth-order valence-electron chi connectivity index (χ4n) is 3.10. The molecule has 3 rings (SSSR count). The van der Waals surface area contributed by atoms with Crippen LogP contribution in [0, 0.1) is 16.0 Å². The number of carbonyl (C=O) groups is 1. The summed E-state index contributed by atoms with van der Waals surface area (Å²) in [5.74, 6) is -0.129. The number of anilines is 3. The maximum Gasteiger partial charge on any atom is 0.513 e. The number of nitrogens with one attached hydrogen (secondary N) is 1. The number of nitro benzene ring substituents is 1. The lowest BCUT2D eigenvalue weighted by molar-refractivity contribution is -0.384. The Morgan fingerprint density at radius 3 is 2.73 bits per heavy atom. The van der Waals surface area contributed by atoms with Crippen molar-refractivity contribution in [1.29, 1.82) is 0 Å². The van der Waals surface area contributed by atoms with Crippen molar-refractivity contribution in [1.82, 2.24) is 9.97 Å². The summed E-state index contributed by atoms with van der Waals surface area (Å²) in [6.45, 7) is 5.64. The lowest BCUT2D eigenvalue weighted by Crippen LogP contribution is -2.25. The van der Waals surface area contributed by atoms with Crippen LogP contribution in [0.25, 0.3) is 0 Å². The molecule has 158 valence electrons. The summed E-state index contributed by atoms with van der Waals surface area (Å²) in [7, 11) is 0. The number of nitrogens with zero attached hydrogens (tertiary/aromatic N) is 3. The largest absolute Gasteiger partial charge is 0.513 e. The number of nitro groups is 1. The minimum atomic E-state index is -0.895. The SMILES string of the molecule is CC1=C(OC(=O)OCC(C)C)C(c2cccc([N+](=O)[O-])c2)c2c(N)nc(N)nc2N1. The van der Waals surface area contributed by atoms with Crippen LogP contribution in [0.4, 0.5) is 28.1 Å². The molecule has 0 radical (unpaired) electrons. The molecule has 1 atom stereocenters. The summed E-state index contributed by atoms with van der Waals surface area (Å²) in [6.07, 6.45) is -0.895. The van der Waals surface area contributed by atoms with Gasteiger partial charge in [-0.3, -0.25) is 10.1 Å². The summed E-state index contributed by atoms with van der Waals surface area (Å²) in [4.78, 5) is 31.2. The second-order valence-corrected chi connectivity index (χ2v) is 7.19. The Kier molecular flexibility index (Phi) is 5.72. The van der Waals surface area contributed by atoms with Crippen molar-refractivity contribution in [3.05, 3.63) is 57.0 Å². The molecule has 2 heterocycles. The summed E-state index contributed by atoms with van der Waals surface area (Å²) in [6, 6.07) is 5.94. The summed E-state index contributed by atoms with van der Waals surface area (Å²) in [5, 5.41) is 14.3. The smallest absolute Gasteiger partial charge is 0.434 e. The van der Waals surface area contributed by atoms with E-state index in [2.05, 4.69) is 15.3 Å². The highest BCUT2D eigenvalue weighted by atomic mass is 16.7. The Morgan fingerprint density at radius 1 is 1.33 bits per heavy atom. The van der Waals surface area contributed by atoms with Crippen molar-refractivity contribution in [3.63, 3.8) is 0 Å². The van der Waals surface area contributed by atoms with Crippen molar-refractivity contribution in [2.24, 2.45) is 5.92 Å². The Bertz CT molecular complexity index is 1040. The number of carbonyl (C=O) groups excluding carboxylic acids is 1. The van der Waals surface area contributed by atoms with E-state index in [1.165, 1.54) is 18.2 Å². The molecule has 5 N–H and O–H groups in total. The molecule has 1 aromatic carbocycles. The van der Waals surface area contributed by atoms with E-state index in [1.807, 2.05) is 13.8 Å². The number of fused-ring (bicyclic) bond motifs is 1. The molecule has 0 saturated carbocycles. The second-order valence-electron chi connectivity index (χ2n) is 7.19. The molecule has 0 spiro atoms. The highest BCUT2D eigenvalue weighted by molar-refractivity contribution is 5.71. The summed E-state index contributed by atoms with van der Waals surface area (Å²) < 4.78 is 10.6. The Morgan fingerprint density at radius 2 is 2.07 bits per heavy atom. The van der Waals surface area contributed by atoms with E-state index in [1.54, 1.807) is 13.0 Å². The zero-order valence-corrected chi connectivity index (χ0v) is 16.7. The molecular formula is C19H22N6O5. The zero-order chi connectivity index (χ0) is 22.0. The van der Waals surface area contributed by atoms with Crippen LogP contribution >= 0.6 is 0 Å². The predicted octanol–water partition coefficient (Wildman–Crippen LogP) is 3.15. The predicted molar refractivity (Wildman–Crippen MR) is 109 cm³/mol. The van der Waals surface area contributed by atoms with Crippen molar-refractivity contribution in [2.75, 3.05) is 23.4 Å². The van der Waals surface area contributed by atoms with Gasteiger partial charge in [0.1, 0.15) is 17.4 Å². The number of ether oxygens (including phenoxy) is 2. The van der Waals surface area contributed by atoms with E-state index in [4.69, 9.17) is 20.9 Å². The van der Waals surface area contributed by atoms with Crippen LogP contribution in [0.5, 0.6) is 0 Å². The third-order valence-corrected chi connectivity index (χ3v) is 4.36. The van der Waals surface area contributed by atoms with Gasteiger partial charge in [-0.2, -0.15) is 9.97 Å². The van der Waals surface area contributed by atoms with Crippen LogP contribution in [-0.2, 0) is 9.47 Å². The molecule has 11 nitrogen and oxygen atoms in total. The number of allylic oxidation sites excluding steroid dienone is 2. The number of aromatic nitrogens is 2. The first kappa shape index (κ1) is 20.8. The molecule has 2 aromatic rings. The van der Waals surface area contributed by atoms with Crippen LogP contribution in [0.3, 0.4) is 0 Å². The van der Waals surface area contributed by atoms with Crippen LogP contribution in [-0.4, -0.2) is 27.7 Å². The van der Waals surface area contributed by atoms with E-state index < -0.39 is 17.0 Å². The molecule has 0 aliphatic carbocycles. The average molecular weight is 414 g/mol. The number of nitrogen functional groups attached to an aromatic ring is 2. The second kappa shape index (κ2) is 8.23. The van der Waals surface area contributed by atoms with Crippen LogP contribution in [0.15, 0.2) is 35.7 Å². The molecular weight excluding hydrogens is 392 g/mol. The number of non-ortho nitro benzene ring substituents is 1. The van der Waals surface area contributed by atoms with Crippen molar-refractivity contribution in [2.45, 2.75) is 26.7 Å². The maximum absolute atomic E-state index is 12.3. The van der Waals surface area contributed by atoms with Gasteiger partial charge in [-0.05, 0) is 18.4 Å². The molecule has 0 bridgehead atoms. The maximum atomic E-state index is 12.3. The van der Waals surface area contributed by atoms with Crippen LogP contribution < -0.4 is 16.8 Å². The van der Waals surface area contributed by atoms with Gasteiger partial charge in [0, 0.05) is 12.1 Å². The average Bonchev–Trinajstić information content (AvgIpc) is 2.67. The molecule has 0 amide bonds. The van der Waals surface area contributed by atoms with E-state index in [0.29, 0.717) is 22.6 Å². The van der Waals surface area contributed by atoms with E-state index >= 15 is 0 Å². The molecule has 30 heavy (non-hydrogen) atoms. The fourth-order valence-corrected chi connectivity index (χ4v) is 3.10. The minimum absolute atomic E-state index is 0.0370. The first-order chi connectivity index (χ1) is 14.2. The number of benzene rings is 1. The molecule has 1 aromatic heterocycles. The zero-order valence-electron chi connectivity index (χ0n) is 16.7. The highest BCUT2D eigenvalue weighted by Crippen LogP contribution is 2.44. The van der Waals surface area contributed by atoms with Gasteiger partial charge in [0.05, 0.1) is 28.7 Å². The van der Waals surface area contributed by atoms with Crippen molar-refractivity contribution < 1.29 is 19.2 Å². The number of nitrogens with two attached hydrogens (primary N) is 2. The third kappa shape index (κ3) is 4.24. The Labute approximate surface area is 172 Å². The first-order valence-corrected chi connectivity index (χ1v) is 9.17. The lowest BCUT2D eigenvalue weighted by Gasteiger charge is -2.29. The lowest BCUT2D eigenvalue weighted by atomic mass is 9.86. The molecule has 1 aliphatic heterocycles. The standard InChI is InChI=1S/C19H22N6O5/c1-9(2)8-29-19(26)30-15-10(3)22-17-14(16(20)23-18(21)24-17)13(15)11-5-4-6-12(7-11)25(27)28/h4-7,9,13H,8H2,1-3H3,(H5,20,21,22,23,24). The van der Waals surface area contributed by atoms with Gasteiger partial charge in [0.2, 0.25) is 5.95 Å². The van der Waals surface area contributed by atoms with Gasteiger partial charge in [0.15, 0.2) is 0 Å². The first-order valence-electron chi connectivity index (χ1n) is 9.17. The fraction of sp³-hybridized carbons (Fsp3) is 0.316. The van der Waals surface area contributed by atoms with Gasteiger partial charge < -0.3 is 26.3 Å². The Balaban J connectivity index is 2.11. The molecule has 0 saturated heterocycles. The van der Waals surface area contributed by atoms with Crippen LogP contribution in [0.1, 0.15) is 37.8 Å². The van der Waals surface area contributed by atoms with Crippen molar-refractivity contribution in [3.8, 4) is 0 Å². The van der Waals surface area contributed by atoms with Crippen LogP contribution in [0.2, 0.25) is 0 Å². The van der Waals surface area contributed by atoms with E-state index in [-0.39, 0.29) is 35.7 Å². The van der Waals surface area contributed by atoms with Crippen molar-refractivity contribution >= 4 is 29.4 Å². The monoisotopic (exact) mass is 414 g/mol. The van der Waals surface area contributed by atoms with Gasteiger partial charge in [-0.1, -0.05) is 26.0 Å².